The Bertz CT molecular complexity index is 509. The van der Waals surface area contributed by atoms with Crippen molar-refractivity contribution < 1.29 is 4.74 Å². The molecule has 82 valence electrons. The number of methoxy groups -OCH3 is 1. The number of rotatable bonds is 2. The van der Waals surface area contributed by atoms with Crippen LogP contribution in [0, 0.1) is 6.92 Å². The molecule has 2 N–H and O–H groups in total. The third-order valence-electron chi connectivity index (χ3n) is 2.50. The van der Waals surface area contributed by atoms with E-state index in [1.165, 1.54) is 0 Å². The molecule has 0 aliphatic heterocycles. The van der Waals surface area contributed by atoms with Gasteiger partial charge in [-0.3, -0.25) is 4.98 Å². The van der Waals surface area contributed by atoms with Gasteiger partial charge in [0.2, 0.25) is 0 Å². The second-order valence-electron chi connectivity index (χ2n) is 3.63. The van der Waals surface area contributed by atoms with Gasteiger partial charge in [-0.15, -0.1) is 0 Å². The zero-order chi connectivity index (χ0) is 11.5. The predicted octanol–water partition coefficient (Wildman–Crippen LogP) is 2.65. The summed E-state index contributed by atoms with van der Waals surface area (Å²) < 4.78 is 5.29. The maximum atomic E-state index is 5.72. The van der Waals surface area contributed by atoms with Gasteiger partial charge in [0, 0.05) is 17.4 Å². The van der Waals surface area contributed by atoms with Gasteiger partial charge in [0.15, 0.2) is 0 Å². The van der Waals surface area contributed by atoms with Crippen LogP contribution in [-0.2, 0) is 0 Å². The number of ether oxygens (including phenoxy) is 1. The predicted molar refractivity (Wildman–Crippen MR) is 65.4 cm³/mol. The molecule has 3 heteroatoms. The first-order chi connectivity index (χ1) is 7.72. The van der Waals surface area contributed by atoms with Crippen molar-refractivity contribution in [1.29, 1.82) is 0 Å². The van der Waals surface area contributed by atoms with E-state index in [-0.39, 0.29) is 0 Å². The smallest absolute Gasteiger partial charge is 0.145 e. The second-order valence-corrected chi connectivity index (χ2v) is 3.63. The zero-order valence-corrected chi connectivity index (χ0v) is 9.40. The monoisotopic (exact) mass is 214 g/mol. The van der Waals surface area contributed by atoms with Crippen molar-refractivity contribution in [3.63, 3.8) is 0 Å². The van der Waals surface area contributed by atoms with Gasteiger partial charge >= 0.3 is 0 Å². The van der Waals surface area contributed by atoms with Crippen LogP contribution in [0.15, 0.2) is 36.5 Å². The molecular formula is C13H14N2O. The van der Waals surface area contributed by atoms with E-state index in [0.29, 0.717) is 0 Å². The molecule has 0 aliphatic carbocycles. The van der Waals surface area contributed by atoms with Crippen LogP contribution in [0.5, 0.6) is 5.75 Å². The number of anilines is 1. The molecule has 0 saturated heterocycles. The zero-order valence-electron chi connectivity index (χ0n) is 9.40. The lowest BCUT2D eigenvalue weighted by Gasteiger charge is -2.10. The number of nitrogens with two attached hydrogens (primary N) is 1. The third kappa shape index (κ3) is 1.84. The molecule has 16 heavy (non-hydrogen) atoms. The van der Waals surface area contributed by atoms with Gasteiger partial charge in [-0.05, 0) is 36.8 Å². The molecule has 3 nitrogen and oxygen atoms in total. The number of aryl methyl sites for hydroxylation is 1. The van der Waals surface area contributed by atoms with Gasteiger partial charge in [0.1, 0.15) is 11.4 Å². The minimum Gasteiger partial charge on any atom is -0.494 e. The van der Waals surface area contributed by atoms with Crippen LogP contribution in [0.25, 0.3) is 11.3 Å². The Balaban J connectivity index is 2.58. The van der Waals surface area contributed by atoms with Crippen molar-refractivity contribution in [3.8, 4) is 17.0 Å². The Kier molecular flexibility index (Phi) is 2.77. The summed E-state index contributed by atoms with van der Waals surface area (Å²) in [6, 6.07) is 9.53. The molecule has 0 aliphatic rings. The molecule has 1 aromatic heterocycles. The highest BCUT2D eigenvalue weighted by Crippen LogP contribution is 2.30. The van der Waals surface area contributed by atoms with Crippen LogP contribution in [0.1, 0.15) is 5.56 Å². The number of aromatic nitrogens is 1. The summed E-state index contributed by atoms with van der Waals surface area (Å²) in [7, 11) is 1.65. The number of hydrogen-bond donors (Lipinski definition) is 1. The van der Waals surface area contributed by atoms with E-state index in [1.54, 1.807) is 13.3 Å². The van der Waals surface area contributed by atoms with Crippen molar-refractivity contribution in [1.82, 2.24) is 4.98 Å². The maximum Gasteiger partial charge on any atom is 0.145 e. The minimum atomic E-state index is 0.760. The largest absolute Gasteiger partial charge is 0.494 e. The molecule has 1 heterocycles. The normalized spacial score (nSPS) is 10.1. The summed E-state index contributed by atoms with van der Waals surface area (Å²) in [6.07, 6.45) is 1.76. The van der Waals surface area contributed by atoms with Crippen LogP contribution in [-0.4, -0.2) is 12.1 Å². The van der Waals surface area contributed by atoms with E-state index in [0.717, 1.165) is 28.3 Å². The Morgan fingerprint density at radius 2 is 2.06 bits per heavy atom. The molecule has 0 radical (unpaired) electrons. The van der Waals surface area contributed by atoms with Crippen LogP contribution in [0.3, 0.4) is 0 Å². The lowest BCUT2D eigenvalue weighted by molar-refractivity contribution is 0.415. The minimum absolute atomic E-state index is 0.760. The first-order valence-electron chi connectivity index (χ1n) is 5.08. The second kappa shape index (κ2) is 4.23. The van der Waals surface area contributed by atoms with Crippen LogP contribution >= 0.6 is 0 Å². The number of nitrogens with zero attached hydrogens (tertiary/aromatic N) is 1. The number of nitrogen functional groups attached to an aromatic ring is 1. The highest BCUT2D eigenvalue weighted by molar-refractivity contribution is 5.71. The van der Waals surface area contributed by atoms with Crippen molar-refractivity contribution in [2.45, 2.75) is 6.92 Å². The van der Waals surface area contributed by atoms with E-state index < -0.39 is 0 Å². The molecule has 0 spiro atoms. The molecule has 0 fully saturated rings. The van der Waals surface area contributed by atoms with Crippen LogP contribution in [0.2, 0.25) is 0 Å². The third-order valence-corrected chi connectivity index (χ3v) is 2.50. The molecule has 0 atom stereocenters. The first-order valence-corrected chi connectivity index (χ1v) is 5.08. The van der Waals surface area contributed by atoms with Gasteiger partial charge in [-0.2, -0.15) is 0 Å². The van der Waals surface area contributed by atoms with Crippen molar-refractivity contribution >= 4 is 5.69 Å². The van der Waals surface area contributed by atoms with E-state index in [1.807, 2.05) is 37.3 Å². The number of pyridine rings is 1. The average molecular weight is 214 g/mol. The van der Waals surface area contributed by atoms with Crippen molar-refractivity contribution in [2.75, 3.05) is 12.8 Å². The van der Waals surface area contributed by atoms with E-state index >= 15 is 0 Å². The van der Waals surface area contributed by atoms with Crippen LogP contribution in [0.4, 0.5) is 5.69 Å². The maximum absolute atomic E-state index is 5.72. The summed E-state index contributed by atoms with van der Waals surface area (Å²) in [6.45, 7) is 2.01. The summed E-state index contributed by atoms with van der Waals surface area (Å²) in [5, 5.41) is 0. The average Bonchev–Trinajstić information content (AvgIpc) is 2.29. The van der Waals surface area contributed by atoms with Gasteiger partial charge in [-0.1, -0.05) is 6.07 Å². The van der Waals surface area contributed by atoms with Gasteiger partial charge in [-0.25, -0.2) is 0 Å². The van der Waals surface area contributed by atoms with E-state index in [4.69, 9.17) is 10.5 Å². The summed E-state index contributed by atoms with van der Waals surface area (Å²) >= 11 is 0. The lowest BCUT2D eigenvalue weighted by atomic mass is 10.0. The Labute approximate surface area is 94.9 Å². The van der Waals surface area contributed by atoms with Crippen molar-refractivity contribution in [3.05, 3.63) is 42.1 Å². The standard InChI is InChI=1S/C13H14N2O/c1-9-8-10(14)5-6-11(9)13-12(16-2)4-3-7-15-13/h3-8H,14H2,1-2H3. The van der Waals surface area contributed by atoms with E-state index in [2.05, 4.69) is 4.98 Å². The lowest BCUT2D eigenvalue weighted by Crippen LogP contribution is -1.94. The van der Waals surface area contributed by atoms with Gasteiger partial charge in [0.05, 0.1) is 7.11 Å². The van der Waals surface area contributed by atoms with Gasteiger partial charge < -0.3 is 10.5 Å². The molecule has 0 unspecified atom stereocenters. The molecule has 0 saturated carbocycles. The first kappa shape index (κ1) is 10.5. The summed E-state index contributed by atoms with van der Waals surface area (Å²) in [5.41, 5.74) is 9.48. The van der Waals surface area contributed by atoms with E-state index in [9.17, 15) is 0 Å². The summed E-state index contributed by atoms with van der Waals surface area (Å²) in [5.74, 6) is 0.773. The Morgan fingerprint density at radius 1 is 1.25 bits per heavy atom. The highest BCUT2D eigenvalue weighted by atomic mass is 16.5. The molecule has 2 rings (SSSR count). The summed E-state index contributed by atoms with van der Waals surface area (Å²) in [4.78, 5) is 4.34. The van der Waals surface area contributed by atoms with Crippen molar-refractivity contribution in [2.24, 2.45) is 0 Å². The Hall–Kier alpha value is -2.03. The molecule has 1 aromatic carbocycles. The fourth-order valence-electron chi connectivity index (χ4n) is 1.71. The topological polar surface area (TPSA) is 48.1 Å². The highest BCUT2D eigenvalue weighted by Gasteiger charge is 2.08. The molecule has 0 amide bonds. The number of hydrogen-bond acceptors (Lipinski definition) is 3. The molecular weight excluding hydrogens is 200 g/mol. The molecule has 0 bridgehead atoms. The SMILES string of the molecule is COc1cccnc1-c1ccc(N)cc1C. The number of benzene rings is 1. The van der Waals surface area contributed by atoms with Gasteiger partial charge in [0.25, 0.3) is 0 Å². The molecule has 2 aromatic rings. The van der Waals surface area contributed by atoms with Crippen LogP contribution < -0.4 is 10.5 Å². The quantitative estimate of drug-likeness (QED) is 0.782. The fourth-order valence-corrected chi connectivity index (χ4v) is 1.71. The Morgan fingerprint density at radius 3 is 2.75 bits per heavy atom. The fraction of sp³-hybridized carbons (Fsp3) is 0.154.